The summed E-state index contributed by atoms with van der Waals surface area (Å²) in [7, 11) is 0. The first kappa shape index (κ1) is 12.1. The van der Waals surface area contributed by atoms with Crippen molar-refractivity contribution >= 4 is 17.9 Å². The van der Waals surface area contributed by atoms with E-state index in [9.17, 15) is 4.79 Å². The molecular formula is C12H15ClO2. The molecule has 0 N–H and O–H groups in total. The van der Waals surface area contributed by atoms with Gasteiger partial charge in [0.15, 0.2) is 6.29 Å². The predicted octanol–water partition coefficient (Wildman–Crippen LogP) is 3.72. The highest BCUT2D eigenvalue weighted by Crippen LogP contribution is 2.27. The van der Waals surface area contributed by atoms with Crippen molar-refractivity contribution in [2.75, 3.05) is 0 Å². The van der Waals surface area contributed by atoms with Crippen molar-refractivity contribution in [3.8, 4) is 5.75 Å². The fourth-order valence-electron chi connectivity index (χ4n) is 1.06. The van der Waals surface area contributed by atoms with Gasteiger partial charge in [-0.1, -0.05) is 18.5 Å². The number of carbonyl (C=O) groups is 1. The van der Waals surface area contributed by atoms with Crippen LogP contribution >= 0.6 is 11.6 Å². The molecule has 2 nitrogen and oxygen atoms in total. The van der Waals surface area contributed by atoms with Gasteiger partial charge in [0.05, 0.1) is 5.56 Å². The predicted molar refractivity (Wildman–Crippen MR) is 61.8 cm³/mol. The van der Waals surface area contributed by atoms with Gasteiger partial charge in [0, 0.05) is 5.02 Å². The van der Waals surface area contributed by atoms with Gasteiger partial charge < -0.3 is 4.74 Å². The Morgan fingerprint density at radius 2 is 2.13 bits per heavy atom. The van der Waals surface area contributed by atoms with Crippen LogP contribution in [-0.2, 0) is 0 Å². The second-order valence-corrected chi connectivity index (χ2v) is 4.45. The van der Waals surface area contributed by atoms with Crippen molar-refractivity contribution in [1.82, 2.24) is 0 Å². The summed E-state index contributed by atoms with van der Waals surface area (Å²) in [5, 5.41) is 0.572. The quantitative estimate of drug-likeness (QED) is 0.732. The molecular weight excluding hydrogens is 212 g/mol. The van der Waals surface area contributed by atoms with E-state index in [2.05, 4.69) is 0 Å². The maximum atomic E-state index is 10.8. The van der Waals surface area contributed by atoms with Crippen LogP contribution in [0.5, 0.6) is 5.75 Å². The molecule has 1 aromatic carbocycles. The van der Waals surface area contributed by atoms with Gasteiger partial charge in [-0.3, -0.25) is 4.79 Å². The Morgan fingerprint density at radius 1 is 1.47 bits per heavy atom. The third kappa shape index (κ3) is 3.24. The van der Waals surface area contributed by atoms with Crippen LogP contribution in [-0.4, -0.2) is 11.9 Å². The fraction of sp³-hybridized carbons (Fsp3) is 0.417. The van der Waals surface area contributed by atoms with Crippen molar-refractivity contribution in [2.45, 2.75) is 32.8 Å². The first-order valence-electron chi connectivity index (χ1n) is 4.92. The third-order valence-electron chi connectivity index (χ3n) is 2.34. The van der Waals surface area contributed by atoms with Crippen molar-refractivity contribution < 1.29 is 9.53 Å². The molecule has 0 saturated heterocycles. The molecule has 0 bridgehead atoms. The molecule has 0 aromatic heterocycles. The van der Waals surface area contributed by atoms with E-state index >= 15 is 0 Å². The molecule has 3 heteroatoms. The number of hydrogen-bond acceptors (Lipinski definition) is 2. The van der Waals surface area contributed by atoms with Crippen LogP contribution in [0, 0.1) is 0 Å². The zero-order valence-electron chi connectivity index (χ0n) is 9.21. The molecule has 1 rings (SSSR count). The van der Waals surface area contributed by atoms with Crippen LogP contribution in [0.3, 0.4) is 0 Å². The molecule has 0 radical (unpaired) electrons. The van der Waals surface area contributed by atoms with Crippen LogP contribution in [0.1, 0.15) is 37.6 Å². The van der Waals surface area contributed by atoms with Crippen molar-refractivity contribution in [2.24, 2.45) is 0 Å². The van der Waals surface area contributed by atoms with Crippen LogP contribution in [0.4, 0.5) is 0 Å². The molecule has 0 heterocycles. The molecule has 0 atom stereocenters. The van der Waals surface area contributed by atoms with Crippen molar-refractivity contribution in [1.29, 1.82) is 0 Å². The topological polar surface area (TPSA) is 26.3 Å². The number of benzene rings is 1. The highest BCUT2D eigenvalue weighted by molar-refractivity contribution is 6.30. The third-order valence-corrected chi connectivity index (χ3v) is 2.58. The van der Waals surface area contributed by atoms with Gasteiger partial charge in [0.2, 0.25) is 0 Å². The average molecular weight is 227 g/mol. The second-order valence-electron chi connectivity index (χ2n) is 4.02. The number of aldehydes is 1. The summed E-state index contributed by atoms with van der Waals surface area (Å²) in [5.74, 6) is 0.546. The summed E-state index contributed by atoms with van der Waals surface area (Å²) in [5.41, 5.74) is 0.239. The molecule has 0 unspecified atom stereocenters. The maximum Gasteiger partial charge on any atom is 0.153 e. The van der Waals surface area contributed by atoms with E-state index in [-0.39, 0.29) is 5.60 Å². The van der Waals surface area contributed by atoms with Crippen LogP contribution < -0.4 is 4.74 Å². The minimum absolute atomic E-state index is 0.289. The molecule has 0 amide bonds. The molecule has 0 fully saturated rings. The first-order valence-corrected chi connectivity index (χ1v) is 5.30. The smallest absolute Gasteiger partial charge is 0.153 e. The molecule has 0 spiro atoms. The van der Waals surface area contributed by atoms with E-state index in [1.54, 1.807) is 18.2 Å². The Labute approximate surface area is 95.2 Å². The van der Waals surface area contributed by atoms with Crippen LogP contribution in [0.2, 0.25) is 5.02 Å². The average Bonchev–Trinajstić information content (AvgIpc) is 2.18. The molecule has 0 aliphatic carbocycles. The minimum atomic E-state index is -0.289. The second kappa shape index (κ2) is 4.67. The summed E-state index contributed by atoms with van der Waals surface area (Å²) in [6, 6.07) is 5.01. The zero-order valence-corrected chi connectivity index (χ0v) is 9.97. The van der Waals surface area contributed by atoms with Gasteiger partial charge in [0.1, 0.15) is 11.4 Å². The summed E-state index contributed by atoms with van der Waals surface area (Å²) in [6.45, 7) is 5.98. The van der Waals surface area contributed by atoms with Crippen molar-refractivity contribution in [3.63, 3.8) is 0 Å². The van der Waals surface area contributed by atoms with Crippen LogP contribution in [0.15, 0.2) is 18.2 Å². The van der Waals surface area contributed by atoms with E-state index in [1.165, 1.54) is 0 Å². The van der Waals surface area contributed by atoms with Gasteiger partial charge >= 0.3 is 0 Å². The Balaban J connectivity index is 3.02. The van der Waals surface area contributed by atoms with Gasteiger partial charge in [-0.2, -0.15) is 0 Å². The summed E-state index contributed by atoms with van der Waals surface area (Å²) in [4.78, 5) is 10.8. The summed E-state index contributed by atoms with van der Waals surface area (Å²) in [6.07, 6.45) is 1.63. The lowest BCUT2D eigenvalue weighted by molar-refractivity contribution is 0.100. The van der Waals surface area contributed by atoms with Crippen molar-refractivity contribution in [3.05, 3.63) is 28.8 Å². The molecule has 0 aliphatic rings. The number of carbonyl (C=O) groups excluding carboxylic acids is 1. The minimum Gasteiger partial charge on any atom is -0.487 e. The van der Waals surface area contributed by atoms with Gasteiger partial charge in [-0.25, -0.2) is 0 Å². The SMILES string of the molecule is CCC(C)(C)Oc1cc(Cl)ccc1C=O. The molecule has 0 aliphatic heterocycles. The van der Waals surface area contributed by atoms with Gasteiger partial charge in [0.25, 0.3) is 0 Å². The van der Waals surface area contributed by atoms with Gasteiger partial charge in [-0.05, 0) is 38.5 Å². The van der Waals surface area contributed by atoms with E-state index in [4.69, 9.17) is 16.3 Å². The first-order chi connectivity index (χ1) is 6.98. The molecule has 15 heavy (non-hydrogen) atoms. The molecule has 82 valence electrons. The number of halogens is 1. The van der Waals surface area contributed by atoms with E-state index < -0.39 is 0 Å². The normalized spacial score (nSPS) is 11.2. The molecule has 1 aromatic rings. The highest BCUT2D eigenvalue weighted by atomic mass is 35.5. The Morgan fingerprint density at radius 3 is 2.67 bits per heavy atom. The van der Waals surface area contributed by atoms with E-state index in [0.717, 1.165) is 12.7 Å². The maximum absolute atomic E-state index is 10.8. The van der Waals surface area contributed by atoms with E-state index in [0.29, 0.717) is 16.3 Å². The summed E-state index contributed by atoms with van der Waals surface area (Å²) < 4.78 is 5.74. The van der Waals surface area contributed by atoms with E-state index in [1.807, 2.05) is 20.8 Å². The Kier molecular flexibility index (Phi) is 3.75. The molecule has 0 saturated carbocycles. The zero-order chi connectivity index (χ0) is 11.5. The standard InChI is InChI=1S/C12H15ClO2/c1-4-12(2,3)15-11-7-10(13)6-5-9(11)8-14/h5-8H,4H2,1-3H3. The lowest BCUT2D eigenvalue weighted by Crippen LogP contribution is -2.27. The largest absolute Gasteiger partial charge is 0.487 e. The number of rotatable bonds is 4. The Bertz CT molecular complexity index is 359. The fourth-order valence-corrected chi connectivity index (χ4v) is 1.23. The van der Waals surface area contributed by atoms with Crippen LogP contribution in [0.25, 0.3) is 0 Å². The Hall–Kier alpha value is -1.02. The lowest BCUT2D eigenvalue weighted by atomic mass is 10.1. The monoisotopic (exact) mass is 226 g/mol. The number of ether oxygens (including phenoxy) is 1. The lowest BCUT2D eigenvalue weighted by Gasteiger charge is -2.25. The number of hydrogen-bond donors (Lipinski definition) is 0. The highest BCUT2D eigenvalue weighted by Gasteiger charge is 2.18. The van der Waals surface area contributed by atoms with Gasteiger partial charge in [-0.15, -0.1) is 0 Å². The summed E-state index contributed by atoms with van der Waals surface area (Å²) >= 11 is 5.85.